The fraction of sp³-hybridized carbons (Fsp3) is 0.583. The van der Waals surface area contributed by atoms with Gasteiger partial charge in [-0.1, -0.05) is 33.8 Å². The molecule has 33 heavy (non-hydrogen) atoms. The first-order chi connectivity index (χ1) is 15.5. The van der Waals surface area contributed by atoms with E-state index in [0.717, 1.165) is 12.1 Å². The standard InChI is InChI=1S/C24H33F3N6/c1-15(2)23(3,4)19-13-33(10-9-28-19)20-12-16(24(26,27)14-25)11-18(30-20)21-17-7-6-8-29-22(17)31-32(21)5/h6-8,11-12,15,19,21,28H,9-10,13-14H2,1-5H3,(H,29,31). The summed E-state index contributed by atoms with van der Waals surface area (Å²) in [5.74, 6) is -2.04. The second-order valence-electron chi connectivity index (χ2n) is 9.97. The smallest absolute Gasteiger partial charge is 0.301 e. The van der Waals surface area contributed by atoms with Crippen LogP contribution in [0.4, 0.5) is 24.8 Å². The highest BCUT2D eigenvalue weighted by molar-refractivity contribution is 5.54. The molecule has 9 heteroatoms. The zero-order valence-corrected chi connectivity index (χ0v) is 19.9. The SMILES string of the molecule is CC(C)C(C)(C)C1CN(c2cc(C(F)(F)CF)cc(C3c4cccnc4NN3C)n2)CCN1. The van der Waals surface area contributed by atoms with Gasteiger partial charge in [-0.2, -0.15) is 8.78 Å². The fourth-order valence-electron chi connectivity index (χ4n) is 4.52. The Balaban J connectivity index is 1.76. The summed E-state index contributed by atoms with van der Waals surface area (Å²) in [7, 11) is 1.82. The van der Waals surface area contributed by atoms with Crippen LogP contribution in [0.1, 0.15) is 50.6 Å². The molecule has 2 atom stereocenters. The first-order valence-corrected chi connectivity index (χ1v) is 11.4. The lowest BCUT2D eigenvalue weighted by Gasteiger charge is -2.45. The summed E-state index contributed by atoms with van der Waals surface area (Å²) in [6.45, 7) is 9.05. The number of hydrogen-bond acceptors (Lipinski definition) is 6. The van der Waals surface area contributed by atoms with Gasteiger partial charge in [-0.15, -0.1) is 0 Å². The minimum atomic E-state index is -3.58. The maximum Gasteiger partial charge on any atom is 0.301 e. The van der Waals surface area contributed by atoms with Gasteiger partial charge < -0.3 is 15.6 Å². The van der Waals surface area contributed by atoms with Crippen molar-refractivity contribution in [2.45, 2.75) is 45.7 Å². The van der Waals surface area contributed by atoms with Gasteiger partial charge in [0.1, 0.15) is 11.6 Å². The van der Waals surface area contributed by atoms with Crippen LogP contribution in [0.25, 0.3) is 0 Å². The number of nitrogens with zero attached hydrogens (tertiary/aromatic N) is 4. The average molecular weight is 463 g/mol. The van der Waals surface area contributed by atoms with E-state index in [1.165, 1.54) is 12.1 Å². The number of alkyl halides is 3. The Morgan fingerprint density at radius 2 is 2.00 bits per heavy atom. The molecule has 0 spiro atoms. The van der Waals surface area contributed by atoms with Crippen LogP contribution in [0.2, 0.25) is 0 Å². The van der Waals surface area contributed by atoms with Crippen molar-refractivity contribution >= 4 is 11.6 Å². The van der Waals surface area contributed by atoms with Crippen molar-refractivity contribution in [3.63, 3.8) is 0 Å². The Hall–Kier alpha value is -2.39. The lowest BCUT2D eigenvalue weighted by Crippen LogP contribution is -2.58. The van der Waals surface area contributed by atoms with Crippen LogP contribution in [0.3, 0.4) is 0 Å². The van der Waals surface area contributed by atoms with Crippen molar-refractivity contribution in [3.05, 3.63) is 47.3 Å². The number of aromatic nitrogens is 2. The predicted octanol–water partition coefficient (Wildman–Crippen LogP) is 4.36. The highest BCUT2D eigenvalue weighted by Crippen LogP contribution is 2.40. The van der Waals surface area contributed by atoms with Gasteiger partial charge in [0, 0.05) is 50.0 Å². The summed E-state index contributed by atoms with van der Waals surface area (Å²) < 4.78 is 42.5. The van der Waals surface area contributed by atoms with E-state index in [-0.39, 0.29) is 17.0 Å². The summed E-state index contributed by atoms with van der Waals surface area (Å²) in [6.07, 6.45) is 1.67. The maximum absolute atomic E-state index is 14.6. The fourth-order valence-corrected chi connectivity index (χ4v) is 4.52. The lowest BCUT2D eigenvalue weighted by molar-refractivity contribution is -0.0282. The first-order valence-electron chi connectivity index (χ1n) is 11.4. The van der Waals surface area contributed by atoms with E-state index in [0.29, 0.717) is 36.3 Å². The summed E-state index contributed by atoms with van der Waals surface area (Å²) in [4.78, 5) is 11.2. The molecular weight excluding hydrogens is 429 g/mol. The number of pyridine rings is 2. The van der Waals surface area contributed by atoms with Crippen molar-refractivity contribution in [1.82, 2.24) is 20.3 Å². The third-order valence-corrected chi connectivity index (χ3v) is 7.39. The van der Waals surface area contributed by atoms with Crippen LogP contribution >= 0.6 is 0 Å². The van der Waals surface area contributed by atoms with Crippen LogP contribution in [0.5, 0.6) is 0 Å². The van der Waals surface area contributed by atoms with Gasteiger partial charge in [0.05, 0.1) is 11.7 Å². The molecule has 2 aliphatic rings. The molecular formula is C24H33F3N6. The Kier molecular flexibility index (Phi) is 6.30. The molecule has 0 amide bonds. The minimum Gasteiger partial charge on any atom is -0.354 e. The molecule has 1 fully saturated rings. The van der Waals surface area contributed by atoms with Crippen molar-refractivity contribution in [1.29, 1.82) is 0 Å². The number of hydrazine groups is 1. The van der Waals surface area contributed by atoms with Crippen LogP contribution in [0.15, 0.2) is 30.5 Å². The molecule has 2 aromatic heterocycles. The quantitative estimate of drug-likeness (QED) is 0.665. The van der Waals surface area contributed by atoms with E-state index in [1.54, 1.807) is 11.2 Å². The summed E-state index contributed by atoms with van der Waals surface area (Å²) in [5.41, 5.74) is 4.09. The van der Waals surface area contributed by atoms with Gasteiger partial charge in [-0.3, -0.25) is 0 Å². The van der Waals surface area contributed by atoms with Crippen LogP contribution in [0, 0.1) is 11.3 Å². The second kappa shape index (κ2) is 8.76. The zero-order valence-electron chi connectivity index (χ0n) is 19.9. The molecule has 0 aromatic carbocycles. The molecule has 0 aliphatic carbocycles. The van der Waals surface area contributed by atoms with E-state index in [9.17, 15) is 13.2 Å². The van der Waals surface area contributed by atoms with Gasteiger partial charge in [0.15, 0.2) is 6.67 Å². The average Bonchev–Trinajstić information content (AvgIpc) is 3.14. The summed E-state index contributed by atoms with van der Waals surface area (Å²) in [6, 6.07) is 6.14. The van der Waals surface area contributed by atoms with Crippen molar-refractivity contribution < 1.29 is 13.2 Å². The number of nitrogens with one attached hydrogen (secondary N) is 2. The molecule has 4 rings (SSSR count). The number of anilines is 2. The molecule has 2 aliphatic heterocycles. The molecule has 180 valence electrons. The van der Waals surface area contributed by atoms with Gasteiger partial charge in [0.2, 0.25) is 0 Å². The topological polar surface area (TPSA) is 56.3 Å². The maximum atomic E-state index is 14.6. The van der Waals surface area contributed by atoms with E-state index in [4.69, 9.17) is 4.98 Å². The van der Waals surface area contributed by atoms with Crippen molar-refractivity contribution in [2.75, 3.05) is 43.7 Å². The van der Waals surface area contributed by atoms with E-state index in [1.807, 2.05) is 24.1 Å². The molecule has 2 unspecified atom stereocenters. The van der Waals surface area contributed by atoms with E-state index < -0.39 is 18.6 Å². The molecule has 0 bridgehead atoms. The van der Waals surface area contributed by atoms with E-state index in [2.05, 4.69) is 43.4 Å². The van der Waals surface area contributed by atoms with Crippen molar-refractivity contribution in [3.8, 4) is 0 Å². The lowest BCUT2D eigenvalue weighted by atomic mass is 9.74. The molecule has 2 aromatic rings. The molecule has 6 nitrogen and oxygen atoms in total. The highest BCUT2D eigenvalue weighted by atomic mass is 19.3. The molecule has 4 heterocycles. The highest BCUT2D eigenvalue weighted by Gasteiger charge is 2.39. The normalized spacial score (nSPS) is 21.9. The van der Waals surface area contributed by atoms with Gasteiger partial charge in [0.25, 0.3) is 0 Å². The summed E-state index contributed by atoms with van der Waals surface area (Å²) in [5, 5.41) is 5.38. The van der Waals surface area contributed by atoms with E-state index >= 15 is 0 Å². The molecule has 1 saturated heterocycles. The van der Waals surface area contributed by atoms with Gasteiger partial charge >= 0.3 is 5.92 Å². The van der Waals surface area contributed by atoms with Gasteiger partial charge in [-0.05, 0) is 29.5 Å². The van der Waals surface area contributed by atoms with Crippen LogP contribution in [-0.4, -0.2) is 54.4 Å². The first kappa shape index (κ1) is 23.8. The molecule has 0 saturated carbocycles. The van der Waals surface area contributed by atoms with Crippen LogP contribution < -0.4 is 15.6 Å². The number of halogens is 3. The number of rotatable bonds is 6. The zero-order chi connectivity index (χ0) is 24.0. The summed E-state index contributed by atoms with van der Waals surface area (Å²) >= 11 is 0. The second-order valence-corrected chi connectivity index (χ2v) is 9.97. The third-order valence-electron chi connectivity index (χ3n) is 7.39. The Morgan fingerprint density at radius 3 is 2.70 bits per heavy atom. The third kappa shape index (κ3) is 4.40. The molecule has 2 N–H and O–H groups in total. The Labute approximate surface area is 193 Å². The number of hydrogen-bond donors (Lipinski definition) is 2. The number of piperazine rings is 1. The largest absolute Gasteiger partial charge is 0.354 e. The molecule has 0 radical (unpaired) electrons. The van der Waals surface area contributed by atoms with Crippen molar-refractivity contribution in [2.24, 2.45) is 11.3 Å². The Morgan fingerprint density at radius 1 is 1.24 bits per heavy atom. The number of fused-ring (bicyclic) bond motifs is 1. The van der Waals surface area contributed by atoms with Crippen LogP contribution in [-0.2, 0) is 5.92 Å². The Bertz CT molecular complexity index is 996. The monoisotopic (exact) mass is 462 g/mol. The minimum absolute atomic E-state index is 0.00217. The van der Waals surface area contributed by atoms with Gasteiger partial charge in [-0.25, -0.2) is 19.4 Å². The predicted molar refractivity (Wildman–Crippen MR) is 124 cm³/mol.